The molecule has 2 atom stereocenters. The topological polar surface area (TPSA) is 92.4 Å². The third-order valence-corrected chi connectivity index (χ3v) is 3.20. The number of carboxylic acids is 1. The number of carbonyl (C=O) groups is 2. The molecular weight excluding hydrogens is 256 g/mol. The summed E-state index contributed by atoms with van der Waals surface area (Å²) in [6.45, 7) is 5.62. The molecule has 0 aliphatic carbocycles. The highest BCUT2D eigenvalue weighted by Crippen LogP contribution is 2.18. The lowest BCUT2D eigenvalue weighted by Crippen LogP contribution is -2.49. The molecule has 0 saturated carbocycles. The molecule has 4 N–H and O–H groups in total. The maximum Gasteiger partial charge on any atom is 0.312 e. The van der Waals surface area contributed by atoms with E-state index in [0.29, 0.717) is 5.56 Å². The van der Waals surface area contributed by atoms with E-state index in [4.69, 9.17) is 5.73 Å². The molecule has 0 spiro atoms. The Morgan fingerprint density at radius 3 is 2.25 bits per heavy atom. The second kappa shape index (κ2) is 6.52. The quantitative estimate of drug-likeness (QED) is 0.758. The minimum absolute atomic E-state index is 0.0297. The minimum Gasteiger partial charge on any atom is -0.481 e. The van der Waals surface area contributed by atoms with E-state index in [1.165, 1.54) is 0 Å². The van der Waals surface area contributed by atoms with Crippen LogP contribution in [-0.4, -0.2) is 29.6 Å². The molecule has 1 rings (SSSR count). The molecule has 0 bridgehead atoms. The lowest BCUT2D eigenvalue weighted by Gasteiger charge is -2.26. The summed E-state index contributed by atoms with van der Waals surface area (Å²) < 4.78 is 0. The molecule has 20 heavy (non-hydrogen) atoms. The normalized spacial score (nSPS) is 14.4. The maximum atomic E-state index is 11.9. The molecule has 1 aromatic carbocycles. The molecule has 0 aliphatic heterocycles. The Bertz CT molecular complexity index is 466. The number of nitrogens with one attached hydrogen (secondary N) is 1. The van der Waals surface area contributed by atoms with Gasteiger partial charge in [0.2, 0.25) is 5.91 Å². The van der Waals surface area contributed by atoms with E-state index >= 15 is 0 Å². The first-order chi connectivity index (χ1) is 9.23. The van der Waals surface area contributed by atoms with Crippen LogP contribution in [-0.2, 0) is 9.59 Å². The number of amides is 1. The predicted molar refractivity (Wildman–Crippen MR) is 77.3 cm³/mol. The molecule has 0 saturated heterocycles. The maximum absolute atomic E-state index is 11.9. The van der Waals surface area contributed by atoms with Crippen molar-refractivity contribution in [2.24, 2.45) is 11.1 Å². The second-order valence-corrected chi connectivity index (χ2v) is 5.89. The summed E-state index contributed by atoms with van der Waals surface area (Å²) in [6, 6.07) is 8.15. The Kier molecular flexibility index (Phi) is 5.27. The van der Waals surface area contributed by atoms with Gasteiger partial charge in [0.15, 0.2) is 0 Å². The molecule has 1 unspecified atom stereocenters. The molecular formula is C15H22N2O3. The van der Waals surface area contributed by atoms with E-state index in [9.17, 15) is 14.7 Å². The zero-order chi connectivity index (χ0) is 15.3. The van der Waals surface area contributed by atoms with Crippen molar-refractivity contribution in [3.8, 4) is 0 Å². The van der Waals surface area contributed by atoms with E-state index in [2.05, 4.69) is 5.32 Å². The highest BCUT2D eigenvalue weighted by molar-refractivity contribution is 5.83. The third kappa shape index (κ3) is 4.35. The van der Waals surface area contributed by atoms with Crippen LogP contribution >= 0.6 is 0 Å². The summed E-state index contributed by atoms with van der Waals surface area (Å²) in [5, 5.41) is 11.9. The average Bonchev–Trinajstić information content (AvgIpc) is 2.37. The summed E-state index contributed by atoms with van der Waals surface area (Å²) >= 11 is 0. The summed E-state index contributed by atoms with van der Waals surface area (Å²) in [4.78, 5) is 23.2. The van der Waals surface area contributed by atoms with E-state index in [1.54, 1.807) is 24.3 Å². The van der Waals surface area contributed by atoms with Crippen LogP contribution in [0.1, 0.15) is 32.3 Å². The molecule has 0 radical (unpaired) electrons. The molecule has 1 aromatic rings. The molecule has 5 nitrogen and oxygen atoms in total. The van der Waals surface area contributed by atoms with Gasteiger partial charge < -0.3 is 16.2 Å². The Morgan fingerprint density at radius 1 is 1.25 bits per heavy atom. The van der Waals surface area contributed by atoms with E-state index in [-0.39, 0.29) is 17.9 Å². The Hall–Kier alpha value is -1.88. The van der Waals surface area contributed by atoms with E-state index in [0.717, 1.165) is 0 Å². The summed E-state index contributed by atoms with van der Waals surface area (Å²) in [6.07, 6.45) is 0. The van der Waals surface area contributed by atoms with Gasteiger partial charge in [-0.15, -0.1) is 0 Å². The van der Waals surface area contributed by atoms with Gasteiger partial charge in [-0.1, -0.05) is 51.1 Å². The van der Waals surface area contributed by atoms with Crippen LogP contribution in [0.3, 0.4) is 0 Å². The highest BCUT2D eigenvalue weighted by atomic mass is 16.4. The van der Waals surface area contributed by atoms with Crippen molar-refractivity contribution in [1.82, 2.24) is 5.32 Å². The number of carboxylic acid groups (broad SMARTS) is 1. The van der Waals surface area contributed by atoms with Crippen molar-refractivity contribution in [3.63, 3.8) is 0 Å². The van der Waals surface area contributed by atoms with Crippen molar-refractivity contribution < 1.29 is 14.7 Å². The largest absolute Gasteiger partial charge is 0.481 e. The van der Waals surface area contributed by atoms with Gasteiger partial charge in [-0.25, -0.2) is 0 Å². The zero-order valence-electron chi connectivity index (χ0n) is 12.1. The molecule has 0 aliphatic rings. The minimum atomic E-state index is -0.971. The van der Waals surface area contributed by atoms with Crippen molar-refractivity contribution in [1.29, 1.82) is 0 Å². The van der Waals surface area contributed by atoms with Crippen molar-refractivity contribution in [2.75, 3.05) is 6.54 Å². The smallest absolute Gasteiger partial charge is 0.312 e. The van der Waals surface area contributed by atoms with Gasteiger partial charge in [-0.3, -0.25) is 9.59 Å². The van der Waals surface area contributed by atoms with Crippen LogP contribution in [0.4, 0.5) is 0 Å². The van der Waals surface area contributed by atoms with E-state index < -0.39 is 17.9 Å². The number of benzene rings is 1. The first-order valence-corrected chi connectivity index (χ1v) is 6.54. The summed E-state index contributed by atoms with van der Waals surface area (Å²) in [7, 11) is 0. The number of hydrogen-bond acceptors (Lipinski definition) is 3. The Balaban J connectivity index is 2.70. The summed E-state index contributed by atoms with van der Waals surface area (Å²) in [5.74, 6) is -2.08. The van der Waals surface area contributed by atoms with Crippen LogP contribution < -0.4 is 11.1 Å². The van der Waals surface area contributed by atoms with Gasteiger partial charge in [0.1, 0.15) is 0 Å². The van der Waals surface area contributed by atoms with Crippen molar-refractivity contribution >= 4 is 11.9 Å². The van der Waals surface area contributed by atoms with Gasteiger partial charge >= 0.3 is 5.97 Å². The Labute approximate surface area is 119 Å². The van der Waals surface area contributed by atoms with Crippen molar-refractivity contribution in [3.05, 3.63) is 35.9 Å². The zero-order valence-corrected chi connectivity index (χ0v) is 12.1. The number of nitrogens with two attached hydrogens (primary N) is 1. The van der Waals surface area contributed by atoms with Crippen molar-refractivity contribution in [2.45, 2.75) is 32.7 Å². The fourth-order valence-electron chi connectivity index (χ4n) is 1.74. The first kappa shape index (κ1) is 16.2. The fraction of sp³-hybridized carbons (Fsp3) is 0.467. The standard InChI is InChI=1S/C15H22N2O3/c1-15(2,3)12(16)13(18)17-9-11(14(19)20)10-7-5-4-6-8-10/h4-8,11-12H,9,16H2,1-3H3,(H,17,18)(H,19,20)/t11?,12-/m0/s1. The SMILES string of the molecule is CC(C)(C)[C@@H](N)C(=O)NCC(C(=O)O)c1ccccc1. The molecule has 0 heterocycles. The van der Waals surface area contributed by atoms with E-state index in [1.807, 2.05) is 26.8 Å². The van der Waals surface area contributed by atoms with Crippen LogP contribution in [0, 0.1) is 5.41 Å². The first-order valence-electron chi connectivity index (χ1n) is 6.54. The lowest BCUT2D eigenvalue weighted by molar-refractivity contribution is -0.138. The van der Waals surface area contributed by atoms with Gasteiger partial charge in [-0.05, 0) is 11.0 Å². The summed E-state index contributed by atoms with van der Waals surface area (Å²) in [5.41, 5.74) is 6.13. The fourth-order valence-corrected chi connectivity index (χ4v) is 1.74. The number of rotatable bonds is 5. The van der Waals surface area contributed by atoms with Gasteiger partial charge in [0.25, 0.3) is 0 Å². The van der Waals surface area contributed by atoms with Gasteiger partial charge in [0.05, 0.1) is 12.0 Å². The molecule has 1 amide bonds. The molecule has 5 heteroatoms. The molecule has 110 valence electrons. The second-order valence-electron chi connectivity index (χ2n) is 5.89. The predicted octanol–water partition coefficient (Wildman–Crippen LogP) is 1.34. The number of hydrogen-bond donors (Lipinski definition) is 3. The Morgan fingerprint density at radius 2 is 1.80 bits per heavy atom. The van der Waals surface area contributed by atoms with Crippen LogP contribution in [0.25, 0.3) is 0 Å². The van der Waals surface area contributed by atoms with Crippen LogP contribution in [0.2, 0.25) is 0 Å². The third-order valence-electron chi connectivity index (χ3n) is 3.20. The van der Waals surface area contributed by atoms with Gasteiger partial charge in [-0.2, -0.15) is 0 Å². The molecule has 0 aromatic heterocycles. The number of aliphatic carboxylic acids is 1. The monoisotopic (exact) mass is 278 g/mol. The van der Waals surface area contributed by atoms with Crippen LogP contribution in [0.5, 0.6) is 0 Å². The highest BCUT2D eigenvalue weighted by Gasteiger charge is 2.28. The molecule has 0 fully saturated rings. The number of carbonyl (C=O) groups excluding carboxylic acids is 1. The van der Waals surface area contributed by atoms with Gasteiger partial charge in [0, 0.05) is 6.54 Å². The van der Waals surface area contributed by atoms with Crippen LogP contribution in [0.15, 0.2) is 30.3 Å². The lowest BCUT2D eigenvalue weighted by atomic mass is 9.87. The average molecular weight is 278 g/mol.